The van der Waals surface area contributed by atoms with Gasteiger partial charge < -0.3 is 5.21 Å². The number of rotatable bonds is 2. The standard InChI is InChI=1S/C13H8Cl2N4O3/c1-7-2-4-8(5-3-7)17-16-12-9(14)6-10(19(21)22)11(15)13(12)18(17)20/h2-6H,1H3. The molecular weight excluding hydrogens is 331 g/mol. The Hall–Kier alpha value is -2.38. The molecule has 9 heteroatoms. The maximum Gasteiger partial charge on any atom is 0.294 e. The van der Waals surface area contributed by atoms with Crippen LogP contribution in [0, 0.1) is 22.2 Å². The fraction of sp³-hybridized carbons (Fsp3) is 0.0769. The van der Waals surface area contributed by atoms with E-state index in [0.717, 1.165) is 16.4 Å². The Morgan fingerprint density at radius 3 is 2.50 bits per heavy atom. The Kier molecular flexibility index (Phi) is 3.38. The Morgan fingerprint density at radius 2 is 1.91 bits per heavy atom. The van der Waals surface area contributed by atoms with Crippen molar-refractivity contribution in [2.45, 2.75) is 6.92 Å². The highest BCUT2D eigenvalue weighted by molar-refractivity contribution is 6.40. The quantitative estimate of drug-likeness (QED) is 0.310. The molecule has 0 fully saturated rings. The van der Waals surface area contributed by atoms with Gasteiger partial charge in [-0.25, -0.2) is 0 Å². The van der Waals surface area contributed by atoms with E-state index < -0.39 is 10.6 Å². The zero-order chi connectivity index (χ0) is 16.0. The molecule has 7 nitrogen and oxygen atoms in total. The van der Waals surface area contributed by atoms with Crippen molar-refractivity contribution < 1.29 is 9.77 Å². The molecule has 0 radical (unpaired) electrons. The fourth-order valence-electron chi connectivity index (χ4n) is 2.06. The lowest BCUT2D eigenvalue weighted by Crippen LogP contribution is -2.37. The van der Waals surface area contributed by atoms with E-state index >= 15 is 0 Å². The molecule has 0 aliphatic heterocycles. The average Bonchev–Trinajstić information content (AvgIpc) is 2.82. The number of halogens is 2. The highest BCUT2D eigenvalue weighted by atomic mass is 35.5. The SMILES string of the molecule is Cc1ccc(-n2nc3c(Cl)cc([N+](=O)[O-])c(Cl)c3[n+]2[O-])cc1. The monoisotopic (exact) mass is 338 g/mol. The molecule has 0 amide bonds. The number of benzene rings is 2. The molecule has 2 aromatic carbocycles. The third-order valence-electron chi connectivity index (χ3n) is 3.17. The van der Waals surface area contributed by atoms with Gasteiger partial charge in [-0.1, -0.05) is 40.9 Å². The van der Waals surface area contributed by atoms with Crippen LogP contribution in [0.3, 0.4) is 0 Å². The van der Waals surface area contributed by atoms with Gasteiger partial charge in [-0.2, -0.15) is 0 Å². The van der Waals surface area contributed by atoms with Crippen LogP contribution in [0.2, 0.25) is 10.0 Å². The van der Waals surface area contributed by atoms with Crippen LogP contribution in [0.25, 0.3) is 16.7 Å². The summed E-state index contributed by atoms with van der Waals surface area (Å²) >= 11 is 12.0. The first-order valence-electron chi connectivity index (χ1n) is 6.12. The van der Waals surface area contributed by atoms with Gasteiger partial charge in [-0.15, -0.1) is 4.85 Å². The third kappa shape index (κ3) is 2.15. The van der Waals surface area contributed by atoms with Gasteiger partial charge in [-0.05, 0) is 23.9 Å². The highest BCUT2D eigenvalue weighted by Gasteiger charge is 2.29. The molecule has 112 valence electrons. The van der Waals surface area contributed by atoms with E-state index in [0.29, 0.717) is 10.5 Å². The van der Waals surface area contributed by atoms with Gasteiger partial charge in [0.25, 0.3) is 11.2 Å². The number of nitro groups is 1. The maximum atomic E-state index is 12.4. The van der Waals surface area contributed by atoms with E-state index in [1.165, 1.54) is 0 Å². The van der Waals surface area contributed by atoms with Crippen LogP contribution in [0.5, 0.6) is 0 Å². The molecular formula is C13H8Cl2N4O3. The number of fused-ring (bicyclic) bond motifs is 1. The lowest BCUT2D eigenvalue weighted by Gasteiger charge is -2.04. The first-order valence-corrected chi connectivity index (χ1v) is 6.87. The number of nitro benzene ring substituents is 1. The van der Waals surface area contributed by atoms with Gasteiger partial charge in [0.1, 0.15) is 10.7 Å². The molecule has 0 unspecified atom stereocenters. The van der Waals surface area contributed by atoms with Crippen molar-refractivity contribution in [3.05, 3.63) is 61.3 Å². The lowest BCUT2D eigenvalue weighted by molar-refractivity contribution is -0.664. The second kappa shape index (κ2) is 5.11. The van der Waals surface area contributed by atoms with Crippen LogP contribution >= 0.6 is 23.2 Å². The number of nitrogens with zero attached hydrogens (tertiary/aromatic N) is 4. The summed E-state index contributed by atoms with van der Waals surface area (Å²) in [4.78, 5) is 11.7. The Bertz CT molecular complexity index is 906. The largest absolute Gasteiger partial charge is 0.692 e. The molecule has 0 atom stereocenters. The van der Waals surface area contributed by atoms with Gasteiger partial charge in [0.2, 0.25) is 5.52 Å². The Labute approximate surface area is 134 Å². The Balaban J connectivity index is 2.34. The second-order valence-electron chi connectivity index (χ2n) is 4.64. The molecule has 3 rings (SSSR count). The van der Waals surface area contributed by atoms with Crippen LogP contribution in [-0.4, -0.2) is 14.8 Å². The summed E-state index contributed by atoms with van der Waals surface area (Å²) in [7, 11) is 0. The van der Waals surface area contributed by atoms with Gasteiger partial charge in [-0.3, -0.25) is 10.1 Å². The van der Waals surface area contributed by atoms with Gasteiger partial charge >= 0.3 is 0 Å². The number of hydrogen-bond acceptors (Lipinski definition) is 4. The molecule has 0 saturated carbocycles. The van der Waals surface area contributed by atoms with Crippen LogP contribution in [-0.2, 0) is 0 Å². The van der Waals surface area contributed by atoms with E-state index in [1.807, 2.05) is 19.1 Å². The van der Waals surface area contributed by atoms with Crippen LogP contribution in [0.15, 0.2) is 30.3 Å². The van der Waals surface area contributed by atoms with Crippen molar-refractivity contribution in [3.63, 3.8) is 0 Å². The molecule has 1 heterocycles. The van der Waals surface area contributed by atoms with Crippen molar-refractivity contribution in [1.82, 2.24) is 9.90 Å². The van der Waals surface area contributed by atoms with Gasteiger partial charge in [0.15, 0.2) is 5.02 Å². The van der Waals surface area contributed by atoms with Gasteiger partial charge in [0.05, 0.1) is 10.0 Å². The maximum absolute atomic E-state index is 12.4. The van der Waals surface area contributed by atoms with Crippen molar-refractivity contribution in [2.75, 3.05) is 0 Å². The molecule has 0 aliphatic rings. The van der Waals surface area contributed by atoms with Crippen LogP contribution in [0.1, 0.15) is 5.56 Å². The summed E-state index contributed by atoms with van der Waals surface area (Å²) in [5.41, 5.74) is 1.04. The van der Waals surface area contributed by atoms with Gasteiger partial charge in [0, 0.05) is 6.07 Å². The number of hydrogen-bond donors (Lipinski definition) is 0. The zero-order valence-corrected chi connectivity index (χ0v) is 12.7. The normalized spacial score (nSPS) is 11.0. The summed E-state index contributed by atoms with van der Waals surface area (Å²) < 4.78 is 0. The zero-order valence-electron chi connectivity index (χ0n) is 11.2. The second-order valence-corrected chi connectivity index (χ2v) is 5.43. The third-order valence-corrected chi connectivity index (χ3v) is 3.83. The summed E-state index contributed by atoms with van der Waals surface area (Å²) in [5, 5.41) is 27.2. The van der Waals surface area contributed by atoms with Crippen molar-refractivity contribution in [3.8, 4) is 5.69 Å². The molecule has 0 bridgehead atoms. The molecule has 0 N–H and O–H groups in total. The first kappa shape index (κ1) is 14.6. The lowest BCUT2D eigenvalue weighted by atomic mass is 10.2. The van der Waals surface area contributed by atoms with E-state index in [4.69, 9.17) is 23.2 Å². The van der Waals surface area contributed by atoms with Crippen LogP contribution < -0.4 is 4.85 Å². The number of aromatic nitrogens is 3. The van der Waals surface area contributed by atoms with E-state index in [-0.39, 0.29) is 21.1 Å². The van der Waals surface area contributed by atoms with Crippen LogP contribution in [0.4, 0.5) is 5.69 Å². The molecule has 1 aromatic heterocycles. The Morgan fingerprint density at radius 1 is 1.27 bits per heavy atom. The summed E-state index contributed by atoms with van der Waals surface area (Å²) in [5.74, 6) is 0. The molecule has 3 aromatic rings. The average molecular weight is 339 g/mol. The summed E-state index contributed by atoms with van der Waals surface area (Å²) in [6.45, 7) is 1.91. The van der Waals surface area contributed by atoms with E-state index in [2.05, 4.69) is 5.10 Å². The topological polar surface area (TPSA) is 87.9 Å². The summed E-state index contributed by atoms with van der Waals surface area (Å²) in [6.07, 6.45) is 0. The minimum atomic E-state index is -0.698. The van der Waals surface area contributed by atoms with Crippen molar-refractivity contribution in [2.24, 2.45) is 0 Å². The number of aryl methyl sites for hydroxylation is 1. The molecule has 22 heavy (non-hydrogen) atoms. The minimum absolute atomic E-state index is 0.0124. The highest BCUT2D eigenvalue weighted by Crippen LogP contribution is 2.35. The molecule has 0 saturated heterocycles. The van der Waals surface area contributed by atoms with E-state index in [9.17, 15) is 15.3 Å². The predicted octanol–water partition coefficient (Wildman–Crippen LogP) is 3.18. The molecule has 0 spiro atoms. The van der Waals surface area contributed by atoms with E-state index in [1.54, 1.807) is 12.1 Å². The predicted molar refractivity (Wildman–Crippen MR) is 81.4 cm³/mol. The van der Waals surface area contributed by atoms with Crippen molar-refractivity contribution >= 4 is 39.9 Å². The molecule has 0 aliphatic carbocycles. The first-order chi connectivity index (χ1) is 10.4. The minimum Gasteiger partial charge on any atom is -0.692 e. The van der Waals surface area contributed by atoms with Crippen molar-refractivity contribution in [1.29, 1.82) is 0 Å². The summed E-state index contributed by atoms with van der Waals surface area (Å²) in [6, 6.07) is 8.11. The smallest absolute Gasteiger partial charge is 0.294 e. The fourth-order valence-corrected chi connectivity index (χ4v) is 2.58.